The number of nitrogens with zero attached hydrogens (tertiary/aromatic N) is 2. The summed E-state index contributed by atoms with van der Waals surface area (Å²) in [6, 6.07) is 0. The minimum atomic E-state index is -0.486. The second-order valence-electron chi connectivity index (χ2n) is 4.54. The number of anilines is 1. The molecule has 0 atom stereocenters. The van der Waals surface area contributed by atoms with Crippen molar-refractivity contribution in [1.29, 1.82) is 0 Å². The third kappa shape index (κ3) is 3.81. The fourth-order valence-corrected chi connectivity index (χ4v) is 1.95. The van der Waals surface area contributed by atoms with Crippen molar-refractivity contribution in [3.63, 3.8) is 0 Å². The van der Waals surface area contributed by atoms with E-state index in [1.54, 1.807) is 4.90 Å². The number of rotatable bonds is 6. The fourth-order valence-electron chi connectivity index (χ4n) is 1.95. The maximum atomic E-state index is 12.3. The molecule has 6 nitrogen and oxygen atoms in total. The van der Waals surface area contributed by atoms with Crippen LogP contribution in [0.15, 0.2) is 11.0 Å². The molecule has 0 aromatic carbocycles. The first kappa shape index (κ1) is 15.2. The maximum Gasteiger partial charge on any atom is 0.265 e. The first-order valence-corrected chi connectivity index (χ1v) is 6.67. The highest BCUT2D eigenvalue weighted by Gasteiger charge is 2.20. The summed E-state index contributed by atoms with van der Waals surface area (Å²) in [4.78, 5) is 31.8. The summed E-state index contributed by atoms with van der Waals surface area (Å²) in [7, 11) is 0. The summed E-state index contributed by atoms with van der Waals surface area (Å²) in [5.41, 5.74) is 4.93. The quantitative estimate of drug-likeness (QED) is 0.810. The molecule has 1 aromatic heterocycles. The van der Waals surface area contributed by atoms with Crippen LogP contribution in [0.25, 0.3) is 0 Å². The van der Waals surface area contributed by atoms with Crippen LogP contribution in [0.1, 0.15) is 44.0 Å². The van der Waals surface area contributed by atoms with Gasteiger partial charge in [0.1, 0.15) is 5.56 Å². The predicted molar refractivity (Wildman–Crippen MR) is 74.9 cm³/mol. The smallest absolute Gasteiger partial charge is 0.265 e. The van der Waals surface area contributed by atoms with E-state index < -0.39 is 5.56 Å². The van der Waals surface area contributed by atoms with E-state index in [1.165, 1.54) is 6.20 Å². The van der Waals surface area contributed by atoms with Gasteiger partial charge in [-0.1, -0.05) is 26.7 Å². The van der Waals surface area contributed by atoms with Gasteiger partial charge in [0.15, 0.2) is 5.95 Å². The van der Waals surface area contributed by atoms with Crippen LogP contribution in [0.4, 0.5) is 5.95 Å². The number of hydrogen-bond donors (Lipinski definition) is 2. The molecular weight excluding hydrogens is 244 g/mol. The lowest BCUT2D eigenvalue weighted by Gasteiger charge is -2.25. The van der Waals surface area contributed by atoms with Crippen LogP contribution in [0.2, 0.25) is 0 Å². The third-order valence-corrected chi connectivity index (χ3v) is 3.35. The van der Waals surface area contributed by atoms with E-state index in [9.17, 15) is 9.59 Å². The Kier molecular flexibility index (Phi) is 5.54. The van der Waals surface area contributed by atoms with Crippen LogP contribution >= 0.6 is 0 Å². The van der Waals surface area contributed by atoms with Crippen LogP contribution in [-0.2, 0) is 0 Å². The molecule has 1 rings (SSSR count). The van der Waals surface area contributed by atoms with E-state index >= 15 is 0 Å². The normalized spacial score (nSPS) is 10.7. The van der Waals surface area contributed by atoms with Crippen molar-refractivity contribution in [3.8, 4) is 0 Å². The number of nitrogens with two attached hydrogens (primary N) is 1. The van der Waals surface area contributed by atoms with Crippen molar-refractivity contribution in [2.24, 2.45) is 5.92 Å². The molecule has 0 saturated carbocycles. The van der Waals surface area contributed by atoms with Crippen molar-refractivity contribution < 1.29 is 4.79 Å². The number of carbonyl (C=O) groups is 1. The summed E-state index contributed by atoms with van der Waals surface area (Å²) in [5.74, 6) is 0.178. The lowest BCUT2D eigenvalue weighted by Crippen LogP contribution is -2.38. The molecule has 0 saturated heterocycles. The van der Waals surface area contributed by atoms with Crippen molar-refractivity contribution in [2.75, 3.05) is 18.8 Å². The van der Waals surface area contributed by atoms with Crippen LogP contribution in [0, 0.1) is 5.92 Å². The minimum Gasteiger partial charge on any atom is -0.369 e. The van der Waals surface area contributed by atoms with E-state index in [4.69, 9.17) is 5.73 Å². The largest absolute Gasteiger partial charge is 0.369 e. The van der Waals surface area contributed by atoms with E-state index in [-0.39, 0.29) is 17.4 Å². The number of nitrogens with one attached hydrogen (secondary N) is 1. The number of amides is 1. The lowest BCUT2D eigenvalue weighted by atomic mass is 10.0. The van der Waals surface area contributed by atoms with Crippen molar-refractivity contribution in [1.82, 2.24) is 14.9 Å². The van der Waals surface area contributed by atoms with E-state index in [0.717, 1.165) is 12.8 Å². The molecule has 1 aromatic rings. The highest BCUT2D eigenvalue weighted by atomic mass is 16.2. The molecule has 0 spiro atoms. The van der Waals surface area contributed by atoms with Gasteiger partial charge < -0.3 is 10.6 Å². The van der Waals surface area contributed by atoms with Gasteiger partial charge in [-0.25, -0.2) is 4.98 Å². The maximum absolute atomic E-state index is 12.3. The number of carbonyl (C=O) groups excluding carboxylic acids is 1. The Labute approximate surface area is 113 Å². The Morgan fingerprint density at radius 1 is 1.42 bits per heavy atom. The summed E-state index contributed by atoms with van der Waals surface area (Å²) < 4.78 is 0. The van der Waals surface area contributed by atoms with Crippen LogP contribution < -0.4 is 11.3 Å². The molecule has 0 aliphatic rings. The Morgan fingerprint density at radius 2 is 2.05 bits per heavy atom. The number of nitrogen functional groups attached to an aromatic ring is 1. The molecule has 6 heteroatoms. The molecule has 3 N–H and O–H groups in total. The minimum absolute atomic E-state index is 0.0181. The molecular formula is C13H22N4O2. The molecule has 106 valence electrons. The highest BCUT2D eigenvalue weighted by Crippen LogP contribution is 2.11. The SMILES string of the molecule is CCC(CC)CN(CC)C(=O)c1cnc(N)[nH]c1=O. The molecule has 0 unspecified atom stereocenters. The number of aromatic amines is 1. The number of H-pyrrole nitrogens is 1. The average molecular weight is 266 g/mol. The molecule has 0 aliphatic carbocycles. The van der Waals surface area contributed by atoms with Gasteiger partial charge in [0, 0.05) is 19.3 Å². The van der Waals surface area contributed by atoms with E-state index in [2.05, 4.69) is 23.8 Å². The van der Waals surface area contributed by atoms with Gasteiger partial charge in [-0.3, -0.25) is 14.6 Å². The molecule has 19 heavy (non-hydrogen) atoms. The fraction of sp³-hybridized carbons (Fsp3) is 0.615. The van der Waals surface area contributed by atoms with E-state index in [0.29, 0.717) is 19.0 Å². The van der Waals surface area contributed by atoms with Gasteiger partial charge in [-0.2, -0.15) is 0 Å². The topological polar surface area (TPSA) is 92.1 Å². The monoisotopic (exact) mass is 266 g/mol. The zero-order valence-corrected chi connectivity index (χ0v) is 11.8. The lowest BCUT2D eigenvalue weighted by molar-refractivity contribution is 0.0732. The van der Waals surface area contributed by atoms with Crippen molar-refractivity contribution >= 4 is 11.9 Å². The Bertz CT molecular complexity index is 480. The second-order valence-corrected chi connectivity index (χ2v) is 4.54. The van der Waals surface area contributed by atoms with Gasteiger partial charge in [0.25, 0.3) is 11.5 Å². The van der Waals surface area contributed by atoms with Gasteiger partial charge >= 0.3 is 0 Å². The van der Waals surface area contributed by atoms with E-state index in [1.807, 2.05) is 6.92 Å². The van der Waals surface area contributed by atoms with Gasteiger partial charge in [-0.05, 0) is 12.8 Å². The Morgan fingerprint density at radius 3 is 2.53 bits per heavy atom. The number of hydrogen-bond acceptors (Lipinski definition) is 4. The number of aromatic nitrogens is 2. The zero-order valence-electron chi connectivity index (χ0n) is 11.8. The molecule has 0 bridgehead atoms. The summed E-state index contributed by atoms with van der Waals surface area (Å²) in [6.07, 6.45) is 3.26. The molecule has 1 heterocycles. The molecule has 0 aliphatic heterocycles. The van der Waals surface area contributed by atoms with Crippen LogP contribution in [0.3, 0.4) is 0 Å². The Balaban J connectivity index is 2.92. The standard InChI is InChI=1S/C13H22N4O2/c1-4-9(5-2)8-17(6-3)12(19)10-7-15-13(14)16-11(10)18/h7,9H,4-6,8H2,1-3H3,(H3,14,15,16,18). The van der Waals surface area contributed by atoms with Gasteiger partial charge in [0.2, 0.25) is 0 Å². The first-order valence-electron chi connectivity index (χ1n) is 6.67. The molecule has 0 radical (unpaired) electrons. The van der Waals surface area contributed by atoms with Crippen molar-refractivity contribution in [3.05, 3.63) is 22.1 Å². The summed E-state index contributed by atoms with van der Waals surface area (Å²) >= 11 is 0. The van der Waals surface area contributed by atoms with Gasteiger partial charge in [0.05, 0.1) is 0 Å². The molecule has 1 amide bonds. The van der Waals surface area contributed by atoms with Gasteiger partial charge in [-0.15, -0.1) is 0 Å². The first-order chi connectivity index (χ1) is 9.03. The van der Waals surface area contributed by atoms with Crippen molar-refractivity contribution in [2.45, 2.75) is 33.6 Å². The average Bonchev–Trinajstić information content (AvgIpc) is 2.39. The summed E-state index contributed by atoms with van der Waals surface area (Å²) in [6.45, 7) is 7.33. The predicted octanol–water partition coefficient (Wildman–Crippen LogP) is 1.25. The Hall–Kier alpha value is -1.85. The zero-order chi connectivity index (χ0) is 14.4. The second kappa shape index (κ2) is 6.92. The highest BCUT2D eigenvalue weighted by molar-refractivity contribution is 5.93. The van der Waals surface area contributed by atoms with Crippen LogP contribution in [-0.4, -0.2) is 33.9 Å². The molecule has 0 fully saturated rings. The van der Waals surface area contributed by atoms with Crippen LogP contribution in [0.5, 0.6) is 0 Å². The summed E-state index contributed by atoms with van der Waals surface area (Å²) in [5, 5.41) is 0. The third-order valence-electron chi connectivity index (χ3n) is 3.35.